The van der Waals surface area contributed by atoms with Crippen molar-refractivity contribution in [2.75, 3.05) is 24.3 Å². The number of amides is 2. The van der Waals surface area contributed by atoms with Gasteiger partial charge in [0.05, 0.1) is 18.0 Å². The molecule has 0 heterocycles. The van der Waals surface area contributed by atoms with Gasteiger partial charge in [-0.1, -0.05) is 0 Å². The second-order valence-corrected chi connectivity index (χ2v) is 7.16. The minimum Gasteiger partial charge on any atom is -0.464 e. The Morgan fingerprint density at radius 2 is 1.85 bits per heavy atom. The first-order valence-electron chi connectivity index (χ1n) is 8.04. The summed E-state index contributed by atoms with van der Waals surface area (Å²) in [5.41, 5.74) is -1.63. The number of carbonyl (C=O) groups excluding carboxylic acids is 2. The molecular weight excluding hydrogens is 388 g/mol. The van der Waals surface area contributed by atoms with Crippen LogP contribution in [0.3, 0.4) is 0 Å². The SMILES string of the molecule is CCOC(=O)C(C)(C)N(C(=O)NC)c1cc(SCC(F)(F)F)c(C)cc1F. The highest BCUT2D eigenvalue weighted by Crippen LogP contribution is 2.36. The van der Waals surface area contributed by atoms with Crippen LogP contribution < -0.4 is 10.2 Å². The topological polar surface area (TPSA) is 58.6 Å². The van der Waals surface area contributed by atoms with Crippen LogP contribution in [-0.2, 0) is 9.53 Å². The number of alkyl halides is 3. The van der Waals surface area contributed by atoms with Crippen molar-refractivity contribution in [3.05, 3.63) is 23.5 Å². The van der Waals surface area contributed by atoms with Gasteiger partial charge in [0, 0.05) is 11.9 Å². The van der Waals surface area contributed by atoms with Gasteiger partial charge in [0.1, 0.15) is 11.4 Å². The highest BCUT2D eigenvalue weighted by molar-refractivity contribution is 7.99. The fourth-order valence-corrected chi connectivity index (χ4v) is 3.10. The zero-order valence-corrected chi connectivity index (χ0v) is 16.5. The van der Waals surface area contributed by atoms with Crippen LogP contribution in [0.1, 0.15) is 26.3 Å². The van der Waals surface area contributed by atoms with Gasteiger partial charge < -0.3 is 10.1 Å². The molecule has 10 heteroatoms. The molecule has 5 nitrogen and oxygen atoms in total. The quantitative estimate of drug-likeness (QED) is 0.432. The number of aryl methyl sites for hydroxylation is 1. The van der Waals surface area contributed by atoms with Gasteiger partial charge in [-0.2, -0.15) is 13.2 Å². The van der Waals surface area contributed by atoms with Gasteiger partial charge >= 0.3 is 18.2 Å². The minimum absolute atomic E-state index is 0.0485. The van der Waals surface area contributed by atoms with E-state index in [0.717, 1.165) is 17.0 Å². The van der Waals surface area contributed by atoms with Crippen LogP contribution in [0, 0.1) is 12.7 Å². The molecule has 0 aliphatic rings. The number of ether oxygens (including phenoxy) is 1. The second-order valence-electron chi connectivity index (χ2n) is 6.14. The monoisotopic (exact) mass is 410 g/mol. The Morgan fingerprint density at radius 1 is 1.26 bits per heavy atom. The molecule has 2 amide bonds. The van der Waals surface area contributed by atoms with Crippen LogP contribution in [0.4, 0.5) is 28.0 Å². The summed E-state index contributed by atoms with van der Waals surface area (Å²) in [7, 11) is 1.29. The number of carbonyl (C=O) groups is 2. The molecule has 1 rings (SSSR count). The van der Waals surface area contributed by atoms with Crippen LogP contribution in [0.5, 0.6) is 0 Å². The molecule has 0 aliphatic carbocycles. The molecule has 0 spiro atoms. The van der Waals surface area contributed by atoms with Crippen LogP contribution in [-0.4, -0.2) is 43.1 Å². The first kappa shape index (κ1) is 23.1. The van der Waals surface area contributed by atoms with E-state index < -0.39 is 35.3 Å². The van der Waals surface area contributed by atoms with E-state index >= 15 is 0 Å². The van der Waals surface area contributed by atoms with Crippen LogP contribution in [0.15, 0.2) is 17.0 Å². The number of urea groups is 1. The van der Waals surface area contributed by atoms with Gasteiger partial charge in [0.15, 0.2) is 0 Å². The summed E-state index contributed by atoms with van der Waals surface area (Å²) in [5.74, 6) is -2.79. The smallest absolute Gasteiger partial charge is 0.398 e. The Kier molecular flexibility index (Phi) is 7.53. The van der Waals surface area contributed by atoms with Crippen molar-refractivity contribution in [3.63, 3.8) is 0 Å². The molecule has 152 valence electrons. The van der Waals surface area contributed by atoms with Crippen LogP contribution in [0.2, 0.25) is 0 Å². The van der Waals surface area contributed by atoms with Gasteiger partial charge in [-0.15, -0.1) is 11.8 Å². The molecule has 1 aromatic carbocycles. The number of nitrogens with zero attached hydrogens (tertiary/aromatic N) is 1. The summed E-state index contributed by atoms with van der Waals surface area (Å²) >= 11 is 0.477. The maximum atomic E-state index is 14.6. The highest BCUT2D eigenvalue weighted by atomic mass is 32.2. The van der Waals surface area contributed by atoms with Crippen molar-refractivity contribution < 1.29 is 31.9 Å². The van der Waals surface area contributed by atoms with E-state index in [1.54, 1.807) is 6.92 Å². The number of hydrogen-bond acceptors (Lipinski definition) is 4. The van der Waals surface area contributed by atoms with Crippen LogP contribution in [0.25, 0.3) is 0 Å². The molecule has 0 atom stereocenters. The molecule has 1 N–H and O–H groups in total. The lowest BCUT2D eigenvalue weighted by atomic mass is 10.0. The number of rotatable bonds is 6. The average Bonchev–Trinajstić information content (AvgIpc) is 2.54. The van der Waals surface area contributed by atoms with Gasteiger partial charge in [-0.05, 0) is 45.4 Å². The van der Waals surface area contributed by atoms with E-state index in [1.165, 1.54) is 27.8 Å². The molecule has 0 fully saturated rings. The number of thioether (sulfide) groups is 1. The summed E-state index contributed by atoms with van der Waals surface area (Å²) in [6, 6.07) is 1.37. The fraction of sp³-hybridized carbons (Fsp3) is 0.529. The second kappa shape index (κ2) is 8.81. The summed E-state index contributed by atoms with van der Waals surface area (Å²) in [4.78, 5) is 25.7. The number of hydrogen-bond donors (Lipinski definition) is 1. The third kappa shape index (κ3) is 5.75. The maximum Gasteiger partial charge on any atom is 0.398 e. The van der Waals surface area contributed by atoms with Gasteiger partial charge in [0.25, 0.3) is 0 Å². The van der Waals surface area contributed by atoms with Crippen molar-refractivity contribution in [1.82, 2.24) is 5.32 Å². The molecular formula is C17H22F4N2O3S. The number of anilines is 1. The predicted octanol–water partition coefficient (Wildman–Crippen LogP) is 4.28. The van der Waals surface area contributed by atoms with Crippen LogP contribution >= 0.6 is 11.8 Å². The number of halogens is 4. The van der Waals surface area contributed by atoms with Gasteiger partial charge in [0.2, 0.25) is 0 Å². The Labute approximate surface area is 159 Å². The lowest BCUT2D eigenvalue weighted by Crippen LogP contribution is -2.57. The fourth-order valence-electron chi connectivity index (χ4n) is 2.30. The van der Waals surface area contributed by atoms with Crippen molar-refractivity contribution in [1.29, 1.82) is 0 Å². The Balaban J connectivity index is 3.45. The van der Waals surface area contributed by atoms with E-state index in [-0.39, 0.29) is 22.8 Å². The molecule has 27 heavy (non-hydrogen) atoms. The van der Waals surface area contributed by atoms with E-state index in [1.807, 2.05) is 0 Å². The van der Waals surface area contributed by atoms with Gasteiger partial charge in [-0.3, -0.25) is 4.90 Å². The lowest BCUT2D eigenvalue weighted by Gasteiger charge is -2.36. The minimum atomic E-state index is -4.41. The van der Waals surface area contributed by atoms with Gasteiger partial charge in [-0.25, -0.2) is 14.0 Å². The predicted molar refractivity (Wildman–Crippen MR) is 95.6 cm³/mol. The number of nitrogens with one attached hydrogen (secondary N) is 1. The van der Waals surface area contributed by atoms with E-state index in [9.17, 15) is 27.2 Å². The maximum absolute atomic E-state index is 14.6. The van der Waals surface area contributed by atoms with E-state index in [4.69, 9.17) is 4.74 Å². The highest BCUT2D eigenvalue weighted by Gasteiger charge is 2.41. The standard InChI is InChI=1S/C17H22F4N2O3S/c1-6-26-14(24)16(3,4)23(15(25)22-5)12-8-13(10(2)7-11(12)18)27-9-17(19,20)21/h7-8H,6,9H2,1-5H3,(H,22,25). The summed E-state index contributed by atoms with van der Waals surface area (Å²) in [6.45, 7) is 5.82. The molecule has 0 saturated carbocycles. The zero-order chi connectivity index (χ0) is 21.0. The average molecular weight is 410 g/mol. The Bertz CT molecular complexity index is 708. The van der Waals surface area contributed by atoms with Crippen molar-refractivity contribution >= 4 is 29.4 Å². The van der Waals surface area contributed by atoms with Crippen molar-refractivity contribution in [2.24, 2.45) is 0 Å². The first-order chi connectivity index (χ1) is 12.3. The van der Waals surface area contributed by atoms with Crippen molar-refractivity contribution in [3.8, 4) is 0 Å². The molecule has 0 radical (unpaired) electrons. The summed E-state index contributed by atoms with van der Waals surface area (Å²) < 4.78 is 57.2. The lowest BCUT2D eigenvalue weighted by molar-refractivity contribution is -0.148. The van der Waals surface area contributed by atoms with Crippen molar-refractivity contribution in [2.45, 2.75) is 44.3 Å². The molecule has 0 aliphatic heterocycles. The molecule has 0 aromatic heterocycles. The molecule has 1 aromatic rings. The largest absolute Gasteiger partial charge is 0.464 e. The first-order valence-corrected chi connectivity index (χ1v) is 9.02. The van der Waals surface area contributed by atoms with E-state index in [0.29, 0.717) is 11.8 Å². The number of benzene rings is 1. The summed E-state index contributed by atoms with van der Waals surface area (Å²) in [6.07, 6.45) is -4.41. The zero-order valence-electron chi connectivity index (χ0n) is 15.7. The Morgan fingerprint density at radius 3 is 2.33 bits per heavy atom. The molecule has 0 saturated heterocycles. The van der Waals surface area contributed by atoms with E-state index in [2.05, 4.69) is 5.32 Å². The Hall–Kier alpha value is -1.97. The summed E-state index contributed by atoms with van der Waals surface area (Å²) in [5, 5.41) is 2.31. The normalized spacial score (nSPS) is 11.9. The molecule has 0 bridgehead atoms. The third-order valence-electron chi connectivity index (χ3n) is 3.63. The third-order valence-corrected chi connectivity index (χ3v) is 4.85. The molecule has 0 unspecified atom stereocenters. The number of esters is 1.